The number of aryl methyl sites for hydroxylation is 1. The predicted molar refractivity (Wildman–Crippen MR) is 91.3 cm³/mol. The number of hydrogen-bond donors (Lipinski definition) is 1. The van der Waals surface area contributed by atoms with Crippen molar-refractivity contribution in [3.05, 3.63) is 17.5 Å². The van der Waals surface area contributed by atoms with Gasteiger partial charge in [0.1, 0.15) is 10.5 Å². The Balaban J connectivity index is 0.000000345. The Morgan fingerprint density at radius 3 is 2.54 bits per heavy atom. The lowest BCUT2D eigenvalue weighted by atomic mass is 9.83. The molecule has 1 atom stereocenters. The molecule has 1 aromatic heterocycles. The van der Waals surface area contributed by atoms with Crippen LogP contribution in [-0.2, 0) is 25.9 Å². The number of aliphatic carboxylic acids is 1. The van der Waals surface area contributed by atoms with Gasteiger partial charge in [-0.15, -0.1) is 0 Å². The first-order valence-corrected chi connectivity index (χ1v) is 10.3. The number of rotatable bonds is 5. The van der Waals surface area contributed by atoms with Gasteiger partial charge in [-0.2, -0.15) is 13.2 Å². The average molecular weight is 428 g/mol. The van der Waals surface area contributed by atoms with Crippen LogP contribution in [0.5, 0.6) is 0 Å². The van der Waals surface area contributed by atoms with Gasteiger partial charge in [0.15, 0.2) is 9.84 Å². The highest BCUT2D eigenvalue weighted by molar-refractivity contribution is 7.93. The molecule has 1 aromatic rings. The van der Waals surface area contributed by atoms with Crippen LogP contribution in [0.4, 0.5) is 13.2 Å². The fraction of sp³-hybridized carbons (Fsp3) is 0.750. The number of aromatic nitrogens is 1. The summed E-state index contributed by atoms with van der Waals surface area (Å²) in [5.41, 5.74) is 0.860. The minimum Gasteiger partial charge on any atom is -0.475 e. The smallest absolute Gasteiger partial charge is 0.475 e. The molecular formula is C16H23F3N2O6S. The van der Waals surface area contributed by atoms with Gasteiger partial charge in [0.2, 0.25) is 0 Å². The van der Waals surface area contributed by atoms with Gasteiger partial charge in [0.05, 0.1) is 18.1 Å². The highest BCUT2D eigenvalue weighted by Gasteiger charge is 2.61. The molecule has 12 heteroatoms. The van der Waals surface area contributed by atoms with E-state index in [0.29, 0.717) is 38.6 Å². The summed E-state index contributed by atoms with van der Waals surface area (Å²) >= 11 is 0. The van der Waals surface area contributed by atoms with E-state index in [0.717, 1.165) is 17.9 Å². The number of halogens is 3. The quantitative estimate of drug-likeness (QED) is 0.754. The van der Waals surface area contributed by atoms with Gasteiger partial charge >= 0.3 is 12.1 Å². The van der Waals surface area contributed by atoms with E-state index in [1.807, 2.05) is 19.9 Å². The van der Waals surface area contributed by atoms with Crippen LogP contribution in [-0.4, -0.2) is 72.5 Å². The van der Waals surface area contributed by atoms with E-state index in [1.165, 1.54) is 0 Å². The zero-order valence-corrected chi connectivity index (χ0v) is 16.3. The van der Waals surface area contributed by atoms with E-state index in [4.69, 9.17) is 19.2 Å². The van der Waals surface area contributed by atoms with Gasteiger partial charge < -0.3 is 14.4 Å². The predicted octanol–water partition coefficient (Wildman–Crippen LogP) is 1.64. The third-order valence-electron chi connectivity index (χ3n) is 4.91. The van der Waals surface area contributed by atoms with E-state index in [2.05, 4.69) is 10.1 Å². The molecule has 2 aliphatic heterocycles. The number of likely N-dealkylation sites (tertiary alicyclic amines) is 1. The van der Waals surface area contributed by atoms with Crippen LogP contribution in [0.3, 0.4) is 0 Å². The molecule has 28 heavy (non-hydrogen) atoms. The SMILES string of the molecule is CCOCC1CCS(=O)(=O)C12CN(Cc1cc(C)on1)C2.O=C(O)C(F)(F)F. The fourth-order valence-electron chi connectivity index (χ4n) is 3.51. The van der Waals surface area contributed by atoms with Crippen molar-refractivity contribution in [2.45, 2.75) is 37.7 Å². The monoisotopic (exact) mass is 428 g/mol. The van der Waals surface area contributed by atoms with E-state index in [9.17, 15) is 21.6 Å². The van der Waals surface area contributed by atoms with E-state index in [-0.39, 0.29) is 5.92 Å². The summed E-state index contributed by atoms with van der Waals surface area (Å²) < 4.78 is 66.5. The molecule has 8 nitrogen and oxygen atoms in total. The molecule has 2 aliphatic rings. The lowest BCUT2D eigenvalue weighted by molar-refractivity contribution is -0.192. The molecule has 0 bridgehead atoms. The molecule has 1 spiro atoms. The first kappa shape index (κ1) is 22.6. The van der Waals surface area contributed by atoms with Crippen LogP contribution in [0.15, 0.2) is 10.6 Å². The normalized spacial score (nSPS) is 23.1. The highest BCUT2D eigenvalue weighted by Crippen LogP contribution is 2.45. The van der Waals surface area contributed by atoms with Crippen molar-refractivity contribution in [1.29, 1.82) is 0 Å². The Bertz CT molecular complexity index is 787. The summed E-state index contributed by atoms with van der Waals surface area (Å²) in [6.45, 7) is 6.79. The zero-order chi connectivity index (χ0) is 21.2. The van der Waals surface area contributed by atoms with Crippen molar-refractivity contribution >= 4 is 15.8 Å². The molecule has 160 valence electrons. The first-order valence-electron chi connectivity index (χ1n) is 8.66. The van der Waals surface area contributed by atoms with Crippen molar-refractivity contribution in [1.82, 2.24) is 10.1 Å². The number of carboxylic acids is 1. The summed E-state index contributed by atoms with van der Waals surface area (Å²) in [4.78, 5) is 11.0. The van der Waals surface area contributed by atoms with Crippen molar-refractivity contribution in [3.8, 4) is 0 Å². The van der Waals surface area contributed by atoms with Crippen LogP contribution in [0.2, 0.25) is 0 Å². The van der Waals surface area contributed by atoms with E-state index >= 15 is 0 Å². The van der Waals surface area contributed by atoms with Gasteiger partial charge in [0, 0.05) is 38.2 Å². The highest BCUT2D eigenvalue weighted by atomic mass is 32.2. The maximum Gasteiger partial charge on any atom is 0.490 e. The molecular weight excluding hydrogens is 405 g/mol. The van der Waals surface area contributed by atoms with Crippen LogP contribution in [0.1, 0.15) is 24.8 Å². The van der Waals surface area contributed by atoms with E-state index in [1.54, 1.807) is 0 Å². The van der Waals surface area contributed by atoms with Crippen molar-refractivity contribution in [2.75, 3.05) is 32.1 Å². The van der Waals surface area contributed by atoms with Gasteiger partial charge in [-0.05, 0) is 20.3 Å². The number of alkyl halides is 3. The second-order valence-corrected chi connectivity index (χ2v) is 9.36. The van der Waals surface area contributed by atoms with E-state index < -0.39 is 26.7 Å². The lowest BCUT2D eigenvalue weighted by Crippen LogP contribution is -2.67. The molecule has 0 amide bonds. The average Bonchev–Trinajstić information content (AvgIpc) is 3.06. The molecule has 0 aliphatic carbocycles. The second kappa shape index (κ2) is 8.37. The van der Waals surface area contributed by atoms with Crippen LogP contribution in [0, 0.1) is 12.8 Å². The van der Waals surface area contributed by atoms with Crippen molar-refractivity contribution in [3.63, 3.8) is 0 Å². The molecule has 3 heterocycles. The summed E-state index contributed by atoms with van der Waals surface area (Å²) in [5, 5.41) is 11.1. The zero-order valence-electron chi connectivity index (χ0n) is 15.5. The Morgan fingerprint density at radius 2 is 2.07 bits per heavy atom. The molecule has 2 fully saturated rings. The lowest BCUT2D eigenvalue weighted by Gasteiger charge is -2.49. The first-order chi connectivity index (χ1) is 12.9. The summed E-state index contributed by atoms with van der Waals surface area (Å²) in [6.07, 6.45) is -4.36. The molecule has 0 radical (unpaired) electrons. The second-order valence-electron chi connectivity index (χ2n) is 6.91. The maximum atomic E-state index is 12.4. The van der Waals surface area contributed by atoms with Crippen LogP contribution >= 0.6 is 0 Å². The van der Waals surface area contributed by atoms with Gasteiger partial charge in [-0.3, -0.25) is 4.90 Å². The minimum atomic E-state index is -5.08. The summed E-state index contributed by atoms with van der Waals surface area (Å²) in [5.74, 6) is -1.56. The molecule has 3 rings (SSSR count). The van der Waals surface area contributed by atoms with Crippen LogP contribution < -0.4 is 0 Å². The minimum absolute atomic E-state index is 0.123. The topological polar surface area (TPSA) is 110 Å². The number of nitrogens with zero attached hydrogens (tertiary/aromatic N) is 2. The molecule has 0 aromatic carbocycles. The standard InChI is InChI=1S/C14H22N2O4S.C2HF3O2/c1-3-19-8-12-4-5-21(17,18)14(12)9-16(10-14)7-13-6-11(2)20-15-13;3-2(4,5)1(6)7/h6,12H,3-5,7-10H2,1-2H3;(H,6,7). The Kier molecular flexibility index (Phi) is 6.77. The maximum absolute atomic E-state index is 12.4. The Hall–Kier alpha value is -1.66. The Labute approximate surface area is 160 Å². The largest absolute Gasteiger partial charge is 0.490 e. The number of carboxylic acid groups (broad SMARTS) is 1. The van der Waals surface area contributed by atoms with Crippen LogP contribution in [0.25, 0.3) is 0 Å². The van der Waals surface area contributed by atoms with Crippen molar-refractivity contribution in [2.24, 2.45) is 5.92 Å². The third kappa shape index (κ3) is 4.84. The molecule has 2 saturated heterocycles. The fourth-order valence-corrected chi connectivity index (χ4v) is 5.97. The van der Waals surface area contributed by atoms with Gasteiger partial charge in [-0.1, -0.05) is 5.16 Å². The summed E-state index contributed by atoms with van der Waals surface area (Å²) in [7, 11) is -3.01. The number of carbonyl (C=O) groups is 1. The van der Waals surface area contributed by atoms with Crippen molar-refractivity contribution < 1.29 is 40.8 Å². The van der Waals surface area contributed by atoms with Gasteiger partial charge in [0.25, 0.3) is 0 Å². The Morgan fingerprint density at radius 1 is 1.46 bits per heavy atom. The van der Waals surface area contributed by atoms with Gasteiger partial charge in [-0.25, -0.2) is 13.2 Å². The number of sulfone groups is 1. The number of hydrogen-bond acceptors (Lipinski definition) is 7. The third-order valence-corrected chi connectivity index (χ3v) is 7.51. The number of ether oxygens (including phenoxy) is 1. The molecule has 1 N–H and O–H groups in total. The molecule has 0 saturated carbocycles. The summed E-state index contributed by atoms with van der Waals surface area (Å²) in [6, 6.07) is 1.89. The molecule has 1 unspecified atom stereocenters.